The van der Waals surface area contributed by atoms with Crippen molar-refractivity contribution in [1.29, 1.82) is 0 Å². The van der Waals surface area contributed by atoms with Crippen LogP contribution in [0, 0.1) is 0 Å². The van der Waals surface area contributed by atoms with Crippen LogP contribution in [-0.4, -0.2) is 26.2 Å². The topological polar surface area (TPSA) is 24.1 Å². The Morgan fingerprint density at radius 2 is 1.83 bits per heavy atom. The van der Waals surface area contributed by atoms with E-state index in [4.69, 9.17) is 1.41 Å². The first-order valence-corrected chi connectivity index (χ1v) is 2.34. The third-order valence-electron chi connectivity index (χ3n) is 0.893. The maximum atomic E-state index is 7.07. The molecule has 2 N–H and O–H groups in total. The predicted octanol–water partition coefficient (Wildman–Crippen LogP) is -0.821. The van der Waals surface area contributed by atoms with Crippen molar-refractivity contribution >= 4 is 0 Å². The molecule has 2 nitrogen and oxygen atoms in total. The first-order chi connectivity index (χ1) is 3.39. The minimum Gasteiger partial charge on any atom is -0.314 e. The molecule has 1 aliphatic rings. The molecular weight excluding hydrogens is 76.1 g/mol. The first kappa shape index (κ1) is 2.99. The highest BCUT2D eigenvalue weighted by Gasteiger charge is 1.91. The Hall–Kier alpha value is -0.0800. The van der Waals surface area contributed by atoms with Gasteiger partial charge in [-0.25, -0.2) is 0 Å². The Morgan fingerprint density at radius 1 is 1.17 bits per heavy atom. The lowest BCUT2D eigenvalue weighted by Crippen LogP contribution is -2.39. The summed E-state index contributed by atoms with van der Waals surface area (Å²) in [5.74, 6) is 0. The third kappa shape index (κ3) is 0.954. The first-order valence-electron chi connectivity index (χ1n) is 2.79. The fraction of sp³-hybridized carbons (Fsp3) is 1.00. The van der Waals surface area contributed by atoms with Crippen molar-refractivity contribution in [3.8, 4) is 0 Å². The van der Waals surface area contributed by atoms with E-state index in [1.54, 1.807) is 5.31 Å². The van der Waals surface area contributed by atoms with Crippen LogP contribution in [0.25, 0.3) is 0 Å². The standard InChI is InChI=1S/C4H10N2/c1-2-6-4-3-5-1/h5-6H,1-4H2/i/hT. The molecule has 1 aliphatic heterocycles. The van der Waals surface area contributed by atoms with Crippen LogP contribution < -0.4 is 10.6 Å². The van der Waals surface area contributed by atoms with E-state index in [9.17, 15) is 0 Å². The molecule has 6 heavy (non-hydrogen) atoms. The smallest absolute Gasteiger partial charge is 0.122 e. The molecule has 0 unspecified atom stereocenters. The van der Waals surface area contributed by atoms with E-state index in [0.29, 0.717) is 0 Å². The van der Waals surface area contributed by atoms with Gasteiger partial charge in [0, 0.05) is 26.2 Å². The van der Waals surface area contributed by atoms with Gasteiger partial charge in [-0.05, 0) is 0 Å². The largest absolute Gasteiger partial charge is 0.314 e. The molecule has 0 bridgehead atoms. The molecule has 0 aromatic carbocycles. The molecule has 0 aromatic rings. The summed E-state index contributed by atoms with van der Waals surface area (Å²) in [4.78, 5) is 0. The van der Waals surface area contributed by atoms with Crippen LogP contribution >= 0.6 is 0 Å². The van der Waals surface area contributed by atoms with Gasteiger partial charge in [0.05, 0.1) is 0 Å². The average Bonchev–Trinajstić information content (AvgIpc) is 1.69. The van der Waals surface area contributed by atoms with Gasteiger partial charge in [0.2, 0.25) is 0 Å². The second kappa shape index (κ2) is 2.16. The fourth-order valence-electron chi connectivity index (χ4n) is 0.553. The second-order valence-corrected chi connectivity index (χ2v) is 1.42. The Morgan fingerprint density at radius 3 is 2.17 bits per heavy atom. The van der Waals surface area contributed by atoms with Gasteiger partial charge in [-0.2, -0.15) is 0 Å². The maximum Gasteiger partial charge on any atom is 0.122 e. The summed E-state index contributed by atoms with van der Waals surface area (Å²) < 4.78 is 7.07. The summed E-state index contributed by atoms with van der Waals surface area (Å²) in [5, 5.41) is 4.73. The second-order valence-electron chi connectivity index (χ2n) is 1.42. The molecule has 2 heteroatoms. The molecule has 0 atom stereocenters. The lowest BCUT2D eigenvalue weighted by atomic mass is 10.4. The van der Waals surface area contributed by atoms with Gasteiger partial charge < -0.3 is 10.6 Å². The van der Waals surface area contributed by atoms with E-state index in [0.717, 1.165) is 26.2 Å². The maximum absolute atomic E-state index is 7.07. The van der Waals surface area contributed by atoms with Crippen molar-refractivity contribution in [2.24, 2.45) is 0 Å². The van der Waals surface area contributed by atoms with Crippen LogP contribution in [0.2, 0.25) is 1.41 Å². The van der Waals surface area contributed by atoms with E-state index in [1.807, 2.05) is 0 Å². The SMILES string of the molecule is [3H]N1CCNCC1. The number of hydrogen-bond donors (Lipinski definition) is 2. The molecule has 1 fully saturated rings. The summed E-state index contributed by atoms with van der Waals surface area (Å²) in [7, 11) is 0. The van der Waals surface area contributed by atoms with Crippen molar-refractivity contribution in [2.75, 3.05) is 26.2 Å². The van der Waals surface area contributed by atoms with E-state index < -0.39 is 0 Å². The Bertz CT molecular complexity index is 51.7. The third-order valence-corrected chi connectivity index (χ3v) is 0.893. The van der Waals surface area contributed by atoms with Gasteiger partial charge >= 0.3 is 0 Å². The molecule has 0 spiro atoms. The zero-order valence-corrected chi connectivity index (χ0v) is 3.78. The fourth-order valence-corrected chi connectivity index (χ4v) is 0.553. The molecule has 1 saturated heterocycles. The number of hydrogen-bond acceptors (Lipinski definition) is 2. The molecule has 0 amide bonds. The molecule has 1 heterocycles. The Balaban J connectivity index is 2.12. The highest BCUT2D eigenvalue weighted by atomic mass is 15.0. The molecule has 0 radical (unpaired) electrons. The Labute approximate surface area is 39.4 Å². The predicted molar refractivity (Wildman–Crippen MR) is 25.7 cm³/mol. The minimum absolute atomic E-state index is 0.875. The molecule has 0 aromatic heterocycles. The zero-order chi connectivity index (χ0) is 5.11. The van der Waals surface area contributed by atoms with Crippen LogP contribution in [-0.2, 0) is 0 Å². The number of piperazine rings is 1. The van der Waals surface area contributed by atoms with Crippen LogP contribution in [0.5, 0.6) is 0 Å². The van der Waals surface area contributed by atoms with Crippen LogP contribution in [0.4, 0.5) is 0 Å². The van der Waals surface area contributed by atoms with Crippen LogP contribution in [0.3, 0.4) is 0 Å². The molecule has 0 aliphatic carbocycles. The summed E-state index contributed by atoms with van der Waals surface area (Å²) in [5.41, 5.74) is 0. The number of rotatable bonds is 0. The van der Waals surface area contributed by atoms with Gasteiger partial charge in [-0.1, -0.05) is 0 Å². The minimum atomic E-state index is 0.875. The van der Waals surface area contributed by atoms with E-state index in [2.05, 4.69) is 5.32 Å². The normalized spacial score (nSPS) is 29.7. The summed E-state index contributed by atoms with van der Waals surface area (Å²) in [6.07, 6.45) is 0. The molecule has 0 saturated carbocycles. The lowest BCUT2D eigenvalue weighted by molar-refractivity contribution is 0.534. The van der Waals surface area contributed by atoms with Crippen molar-refractivity contribution in [2.45, 2.75) is 0 Å². The summed E-state index contributed by atoms with van der Waals surface area (Å²) >= 11 is 0. The molecule has 1 rings (SSSR count). The van der Waals surface area contributed by atoms with Gasteiger partial charge in [-0.15, -0.1) is 0 Å². The quantitative estimate of drug-likeness (QED) is 0.404. The van der Waals surface area contributed by atoms with Crippen LogP contribution in [0.1, 0.15) is 0 Å². The highest BCUT2D eigenvalue weighted by molar-refractivity contribution is 4.59. The van der Waals surface area contributed by atoms with Crippen molar-refractivity contribution < 1.29 is 1.41 Å². The summed E-state index contributed by atoms with van der Waals surface area (Å²) in [6.45, 7) is 3.70. The highest BCUT2D eigenvalue weighted by Crippen LogP contribution is 1.65. The van der Waals surface area contributed by atoms with Gasteiger partial charge in [0.25, 0.3) is 0 Å². The van der Waals surface area contributed by atoms with Gasteiger partial charge in [0.1, 0.15) is 1.41 Å². The van der Waals surface area contributed by atoms with E-state index in [-0.39, 0.29) is 0 Å². The molecular formula is C4H10N2. The zero-order valence-electron chi connectivity index (χ0n) is 4.78. The van der Waals surface area contributed by atoms with Crippen molar-refractivity contribution in [3.63, 3.8) is 0 Å². The summed E-state index contributed by atoms with van der Waals surface area (Å²) in [6, 6.07) is 0. The van der Waals surface area contributed by atoms with Gasteiger partial charge in [0.15, 0.2) is 0 Å². The molecule has 36 valence electrons. The average molecular weight is 88.1 g/mol. The van der Waals surface area contributed by atoms with Crippen LogP contribution in [0.15, 0.2) is 0 Å². The monoisotopic (exact) mass is 88.1 g/mol. The van der Waals surface area contributed by atoms with E-state index in [1.165, 1.54) is 0 Å². The lowest BCUT2D eigenvalue weighted by Gasteiger charge is -2.11. The van der Waals surface area contributed by atoms with Crippen molar-refractivity contribution in [1.82, 2.24) is 10.6 Å². The van der Waals surface area contributed by atoms with E-state index >= 15 is 0 Å². The Kier molecular flexibility index (Phi) is 1.08. The van der Waals surface area contributed by atoms with Gasteiger partial charge in [-0.3, -0.25) is 0 Å². The van der Waals surface area contributed by atoms with Crippen molar-refractivity contribution in [3.05, 3.63) is 0 Å². The number of nitrogens with one attached hydrogen (secondary N) is 2.